The number of halogens is 1. The lowest BCUT2D eigenvalue weighted by Crippen LogP contribution is -2.46. The number of nitrogens with two attached hydrogens (primary N) is 1. The molecule has 0 saturated carbocycles. The Morgan fingerprint density at radius 2 is 2.21 bits per heavy atom. The van der Waals surface area contributed by atoms with Crippen molar-refractivity contribution in [1.29, 1.82) is 0 Å². The Hall–Kier alpha value is -2.63. The summed E-state index contributed by atoms with van der Waals surface area (Å²) in [4.78, 5) is 18.8. The zero-order chi connectivity index (χ0) is 20.4. The lowest BCUT2D eigenvalue weighted by Gasteiger charge is -2.34. The number of nitrogens with one attached hydrogen (secondary N) is 2. The van der Waals surface area contributed by atoms with E-state index in [-0.39, 0.29) is 30.1 Å². The first-order valence-corrected chi connectivity index (χ1v) is 9.61. The van der Waals surface area contributed by atoms with Crippen molar-refractivity contribution in [2.75, 3.05) is 55.4 Å². The van der Waals surface area contributed by atoms with Gasteiger partial charge in [-0.25, -0.2) is 19.3 Å². The van der Waals surface area contributed by atoms with Crippen LogP contribution >= 0.6 is 0 Å². The van der Waals surface area contributed by atoms with E-state index in [9.17, 15) is 5.11 Å². The van der Waals surface area contributed by atoms with Gasteiger partial charge in [-0.3, -0.25) is 0 Å². The maximum absolute atomic E-state index is 15.4. The number of rotatable bonds is 5. The molecule has 2 fully saturated rings. The molecule has 2 atom stereocenters. The Labute approximate surface area is 167 Å². The van der Waals surface area contributed by atoms with Gasteiger partial charge in [0, 0.05) is 31.0 Å². The van der Waals surface area contributed by atoms with Gasteiger partial charge >= 0.3 is 0 Å². The van der Waals surface area contributed by atoms with Crippen molar-refractivity contribution in [2.45, 2.75) is 24.9 Å². The fourth-order valence-electron chi connectivity index (χ4n) is 3.60. The van der Waals surface area contributed by atoms with Crippen molar-refractivity contribution in [3.8, 4) is 11.3 Å². The number of hydrogen-bond acceptors (Lipinski definition) is 10. The van der Waals surface area contributed by atoms with E-state index in [0.717, 1.165) is 6.54 Å². The molecule has 0 aliphatic carbocycles. The first-order chi connectivity index (χ1) is 14.0. The van der Waals surface area contributed by atoms with Crippen LogP contribution in [0.5, 0.6) is 0 Å². The zero-order valence-corrected chi connectivity index (χ0v) is 16.2. The van der Waals surface area contributed by atoms with Crippen LogP contribution < -0.4 is 21.3 Å². The van der Waals surface area contributed by atoms with Gasteiger partial charge in [0.25, 0.3) is 0 Å². The van der Waals surface area contributed by atoms with E-state index in [0.29, 0.717) is 44.2 Å². The fraction of sp³-hybridized carbons (Fsp3) is 0.556. The first-order valence-electron chi connectivity index (χ1n) is 9.61. The number of morpholine rings is 1. The first kappa shape index (κ1) is 19.7. The van der Waals surface area contributed by atoms with Gasteiger partial charge in [0.1, 0.15) is 5.69 Å². The molecule has 2 saturated heterocycles. The van der Waals surface area contributed by atoms with Gasteiger partial charge in [-0.05, 0) is 19.9 Å². The van der Waals surface area contributed by atoms with E-state index in [1.807, 2.05) is 11.8 Å². The summed E-state index contributed by atoms with van der Waals surface area (Å²) >= 11 is 0. The summed E-state index contributed by atoms with van der Waals surface area (Å²) in [6, 6.07) is 0.0394. The normalized spacial score (nSPS) is 24.7. The third kappa shape index (κ3) is 3.93. The van der Waals surface area contributed by atoms with Crippen molar-refractivity contribution >= 4 is 17.7 Å². The number of ether oxygens (including phenoxy) is 1. The van der Waals surface area contributed by atoms with Crippen molar-refractivity contribution < 1.29 is 14.2 Å². The third-order valence-electron chi connectivity index (χ3n) is 5.34. The van der Waals surface area contributed by atoms with Crippen LogP contribution in [0.3, 0.4) is 0 Å². The quantitative estimate of drug-likeness (QED) is 0.540. The monoisotopic (exact) mass is 404 g/mol. The summed E-state index contributed by atoms with van der Waals surface area (Å²) in [6.45, 7) is 4.76. The van der Waals surface area contributed by atoms with Gasteiger partial charge in [-0.15, -0.1) is 0 Å². The van der Waals surface area contributed by atoms with E-state index >= 15 is 4.39 Å². The SMILES string of the molecule is C[C@H]1COCCN1c1nc(N[C@@]2(CO)CCNC2)c(F)c(-c2cnc(N)nc2)n1. The minimum Gasteiger partial charge on any atom is -0.394 e. The van der Waals surface area contributed by atoms with Crippen molar-refractivity contribution in [3.05, 3.63) is 18.2 Å². The predicted octanol–water partition coefficient (Wildman–Crippen LogP) is 0.0163. The number of hydrogen-bond donors (Lipinski definition) is 4. The van der Waals surface area contributed by atoms with E-state index in [1.54, 1.807) is 0 Å². The molecule has 2 aromatic rings. The second kappa shape index (κ2) is 8.01. The molecule has 2 aromatic heterocycles. The highest BCUT2D eigenvalue weighted by Gasteiger charge is 2.35. The van der Waals surface area contributed by atoms with Crippen molar-refractivity contribution in [1.82, 2.24) is 25.3 Å². The Balaban J connectivity index is 1.79. The molecular weight excluding hydrogens is 379 g/mol. The molecular formula is C18H25FN8O2. The minimum absolute atomic E-state index is 0.0394. The summed E-state index contributed by atoms with van der Waals surface area (Å²) in [7, 11) is 0. The highest BCUT2D eigenvalue weighted by molar-refractivity contribution is 5.65. The van der Waals surface area contributed by atoms with Crippen LogP contribution in [0.1, 0.15) is 13.3 Å². The van der Waals surface area contributed by atoms with Crippen molar-refractivity contribution in [2.24, 2.45) is 0 Å². The van der Waals surface area contributed by atoms with E-state index in [2.05, 4.69) is 30.6 Å². The smallest absolute Gasteiger partial charge is 0.228 e. The molecule has 0 spiro atoms. The lowest BCUT2D eigenvalue weighted by molar-refractivity contribution is 0.0981. The maximum Gasteiger partial charge on any atom is 0.228 e. The highest BCUT2D eigenvalue weighted by atomic mass is 19.1. The van der Waals surface area contributed by atoms with Crippen molar-refractivity contribution in [3.63, 3.8) is 0 Å². The average Bonchev–Trinajstić information content (AvgIpc) is 3.20. The number of anilines is 3. The van der Waals surface area contributed by atoms with Gasteiger partial charge in [0.15, 0.2) is 11.6 Å². The Bertz CT molecular complexity index is 860. The van der Waals surface area contributed by atoms with Gasteiger partial charge in [-0.2, -0.15) is 4.98 Å². The summed E-state index contributed by atoms with van der Waals surface area (Å²) < 4.78 is 20.9. The Morgan fingerprint density at radius 1 is 1.41 bits per heavy atom. The molecule has 2 aliphatic heterocycles. The highest BCUT2D eigenvalue weighted by Crippen LogP contribution is 2.31. The Morgan fingerprint density at radius 3 is 2.86 bits per heavy atom. The minimum atomic E-state index is -0.683. The van der Waals surface area contributed by atoms with Crippen LogP contribution in [0, 0.1) is 5.82 Å². The number of nitrogen functional groups attached to an aromatic ring is 1. The predicted molar refractivity (Wildman–Crippen MR) is 106 cm³/mol. The van der Waals surface area contributed by atoms with E-state index in [1.165, 1.54) is 12.4 Å². The van der Waals surface area contributed by atoms with Crippen LogP contribution in [0.15, 0.2) is 12.4 Å². The summed E-state index contributed by atoms with van der Waals surface area (Å²) in [5, 5.41) is 16.2. The molecule has 0 amide bonds. The summed E-state index contributed by atoms with van der Waals surface area (Å²) in [6.07, 6.45) is 3.52. The molecule has 4 heterocycles. The van der Waals surface area contributed by atoms with Crippen LogP contribution in [0.25, 0.3) is 11.3 Å². The second-order valence-corrected chi connectivity index (χ2v) is 7.47. The molecule has 0 radical (unpaired) electrons. The second-order valence-electron chi connectivity index (χ2n) is 7.47. The van der Waals surface area contributed by atoms with Gasteiger partial charge in [0.05, 0.1) is 31.4 Å². The molecule has 2 aliphatic rings. The van der Waals surface area contributed by atoms with Crippen LogP contribution in [0.2, 0.25) is 0 Å². The fourth-order valence-corrected chi connectivity index (χ4v) is 3.60. The number of aromatic nitrogens is 4. The van der Waals surface area contributed by atoms with E-state index < -0.39 is 11.4 Å². The number of aliphatic hydroxyl groups is 1. The standard InChI is InChI=1S/C18H25FN8O2/c1-11-8-29-5-4-27(11)17-24-14(12-6-22-16(20)23-7-12)13(19)15(25-17)26-18(10-28)2-3-21-9-18/h6-7,11,21,28H,2-5,8-10H2,1H3,(H2,20,22,23)(H,24,25,26)/t11-,18-/m0/s1. The maximum atomic E-state index is 15.4. The van der Waals surface area contributed by atoms with Crippen LogP contribution in [0.4, 0.5) is 22.1 Å². The molecule has 0 unspecified atom stereocenters. The summed E-state index contributed by atoms with van der Waals surface area (Å²) in [5.74, 6) is -0.101. The van der Waals surface area contributed by atoms with E-state index in [4.69, 9.17) is 10.5 Å². The zero-order valence-electron chi connectivity index (χ0n) is 16.2. The third-order valence-corrected chi connectivity index (χ3v) is 5.34. The average molecular weight is 404 g/mol. The molecule has 4 rings (SSSR count). The Kier molecular flexibility index (Phi) is 5.43. The number of aliphatic hydroxyl groups excluding tert-OH is 1. The molecule has 10 nitrogen and oxygen atoms in total. The lowest BCUT2D eigenvalue weighted by atomic mass is 10.00. The molecule has 156 valence electrons. The van der Waals surface area contributed by atoms with Gasteiger partial charge in [-0.1, -0.05) is 0 Å². The molecule has 0 aromatic carbocycles. The molecule has 29 heavy (non-hydrogen) atoms. The van der Waals surface area contributed by atoms with Gasteiger partial charge in [0.2, 0.25) is 11.9 Å². The molecule has 5 N–H and O–H groups in total. The van der Waals surface area contributed by atoms with Crippen LogP contribution in [-0.4, -0.2) is 76.1 Å². The summed E-state index contributed by atoms with van der Waals surface area (Å²) in [5.41, 5.74) is 5.36. The molecule has 11 heteroatoms. The van der Waals surface area contributed by atoms with Crippen LogP contribution in [-0.2, 0) is 4.74 Å². The molecule has 0 bridgehead atoms. The largest absolute Gasteiger partial charge is 0.394 e. The number of nitrogens with zero attached hydrogens (tertiary/aromatic N) is 5. The topological polar surface area (TPSA) is 134 Å². The van der Waals surface area contributed by atoms with Gasteiger partial charge < -0.3 is 31.1 Å².